The van der Waals surface area contributed by atoms with Crippen molar-refractivity contribution in [2.24, 2.45) is 5.73 Å². The quantitative estimate of drug-likeness (QED) is 0.904. The van der Waals surface area contributed by atoms with Crippen molar-refractivity contribution in [1.82, 2.24) is 4.98 Å². The Morgan fingerprint density at radius 1 is 1.41 bits per heavy atom. The molecule has 0 saturated heterocycles. The van der Waals surface area contributed by atoms with Crippen molar-refractivity contribution >= 4 is 27.3 Å². The van der Waals surface area contributed by atoms with Crippen molar-refractivity contribution in [3.05, 3.63) is 29.3 Å². The average Bonchev–Trinajstić information content (AvgIpc) is 2.67. The van der Waals surface area contributed by atoms with Gasteiger partial charge in [0.15, 0.2) is 5.78 Å². The van der Waals surface area contributed by atoms with E-state index in [9.17, 15) is 4.79 Å². The Morgan fingerprint density at radius 2 is 2.18 bits per heavy atom. The van der Waals surface area contributed by atoms with E-state index in [1.165, 1.54) is 0 Å². The highest BCUT2D eigenvalue weighted by Gasteiger charge is 2.39. The molecular weight excluding hydrogens is 232 g/mol. The molecule has 88 valence electrons. The van der Waals surface area contributed by atoms with Gasteiger partial charge in [-0.15, -0.1) is 11.3 Å². The van der Waals surface area contributed by atoms with Crippen molar-refractivity contribution < 1.29 is 4.79 Å². The Bertz CT molecular complexity index is 539. The number of aromatic nitrogens is 1. The van der Waals surface area contributed by atoms with Crippen molar-refractivity contribution in [2.45, 2.75) is 31.2 Å². The van der Waals surface area contributed by atoms with Gasteiger partial charge < -0.3 is 5.73 Å². The number of nitrogens with zero attached hydrogens (tertiary/aromatic N) is 1. The lowest BCUT2D eigenvalue weighted by Crippen LogP contribution is -2.54. The van der Waals surface area contributed by atoms with Crippen LogP contribution in [0.3, 0.4) is 0 Å². The van der Waals surface area contributed by atoms with E-state index in [4.69, 9.17) is 5.73 Å². The molecule has 1 aliphatic carbocycles. The zero-order valence-electron chi connectivity index (χ0n) is 9.48. The normalized spacial score (nSPS) is 17.9. The number of fused-ring (bicyclic) bond motifs is 1. The van der Waals surface area contributed by atoms with Crippen LogP contribution in [0.4, 0.5) is 0 Å². The van der Waals surface area contributed by atoms with Crippen LogP contribution in [0, 0.1) is 0 Å². The maximum atomic E-state index is 12.0. The van der Waals surface area contributed by atoms with Crippen LogP contribution in [0.5, 0.6) is 0 Å². The molecule has 3 rings (SSSR count). The number of benzene rings is 1. The van der Waals surface area contributed by atoms with Gasteiger partial charge in [0.2, 0.25) is 0 Å². The van der Waals surface area contributed by atoms with Crippen molar-refractivity contribution in [2.75, 3.05) is 0 Å². The third-order valence-corrected chi connectivity index (χ3v) is 4.49. The molecule has 0 spiro atoms. The van der Waals surface area contributed by atoms with Gasteiger partial charge in [0, 0.05) is 0 Å². The van der Waals surface area contributed by atoms with E-state index in [1.54, 1.807) is 11.3 Å². The number of rotatable bonds is 3. The van der Waals surface area contributed by atoms with Crippen molar-refractivity contribution in [1.29, 1.82) is 0 Å². The Morgan fingerprint density at radius 3 is 2.82 bits per heavy atom. The second-order valence-electron chi connectivity index (χ2n) is 4.68. The van der Waals surface area contributed by atoms with E-state index in [0.29, 0.717) is 6.42 Å². The summed E-state index contributed by atoms with van der Waals surface area (Å²) in [4.78, 5) is 16.5. The largest absolute Gasteiger partial charge is 0.319 e. The smallest absolute Gasteiger partial charge is 0.159 e. The fourth-order valence-electron chi connectivity index (χ4n) is 2.15. The number of para-hydroxylation sites is 1. The molecule has 0 atom stereocenters. The molecule has 1 aromatic carbocycles. The number of carbonyl (C=O) groups excluding carboxylic acids is 1. The van der Waals surface area contributed by atoms with Crippen molar-refractivity contribution in [3.8, 4) is 0 Å². The number of ketones is 1. The molecular formula is C13H14N2OS. The lowest BCUT2D eigenvalue weighted by molar-refractivity contribution is -0.126. The summed E-state index contributed by atoms with van der Waals surface area (Å²) < 4.78 is 1.13. The third kappa shape index (κ3) is 1.87. The lowest BCUT2D eigenvalue weighted by Gasteiger charge is -2.36. The highest BCUT2D eigenvalue weighted by atomic mass is 32.1. The van der Waals surface area contributed by atoms with Gasteiger partial charge in [-0.25, -0.2) is 4.98 Å². The van der Waals surface area contributed by atoms with E-state index < -0.39 is 5.54 Å². The van der Waals surface area contributed by atoms with Crippen LogP contribution in [0.1, 0.15) is 24.3 Å². The fraction of sp³-hybridized carbons (Fsp3) is 0.385. The van der Waals surface area contributed by atoms with Gasteiger partial charge in [-0.1, -0.05) is 12.1 Å². The van der Waals surface area contributed by atoms with Crippen LogP contribution in [0.25, 0.3) is 10.2 Å². The molecule has 1 aliphatic rings. The molecule has 0 bridgehead atoms. The maximum absolute atomic E-state index is 12.0. The third-order valence-electron chi connectivity index (χ3n) is 3.45. The molecule has 17 heavy (non-hydrogen) atoms. The Kier molecular flexibility index (Phi) is 2.49. The number of carbonyl (C=O) groups is 1. The van der Waals surface area contributed by atoms with Crippen LogP contribution in [0.15, 0.2) is 24.3 Å². The predicted octanol–water partition coefficient (Wildman–Crippen LogP) is 2.29. The Balaban J connectivity index is 1.83. The molecule has 0 radical (unpaired) electrons. The molecule has 3 nitrogen and oxygen atoms in total. The molecule has 4 heteroatoms. The van der Waals surface area contributed by atoms with Gasteiger partial charge in [-0.05, 0) is 31.4 Å². The summed E-state index contributed by atoms with van der Waals surface area (Å²) >= 11 is 1.59. The molecule has 0 amide bonds. The van der Waals surface area contributed by atoms with E-state index in [2.05, 4.69) is 4.98 Å². The van der Waals surface area contributed by atoms with Gasteiger partial charge in [-0.3, -0.25) is 4.79 Å². The first-order valence-electron chi connectivity index (χ1n) is 5.84. The van der Waals surface area contributed by atoms with Crippen LogP contribution >= 0.6 is 11.3 Å². The minimum Gasteiger partial charge on any atom is -0.319 e. The summed E-state index contributed by atoms with van der Waals surface area (Å²) in [6, 6.07) is 7.95. The van der Waals surface area contributed by atoms with Crippen molar-refractivity contribution in [3.63, 3.8) is 0 Å². The summed E-state index contributed by atoms with van der Waals surface area (Å²) in [5.74, 6) is 0.141. The zero-order chi connectivity index (χ0) is 11.9. The molecule has 1 fully saturated rings. The fourth-order valence-corrected chi connectivity index (χ4v) is 3.11. The number of hydrogen-bond donors (Lipinski definition) is 1. The summed E-state index contributed by atoms with van der Waals surface area (Å²) in [5, 5.41) is 0.882. The minimum absolute atomic E-state index is 0.141. The Hall–Kier alpha value is -1.26. The van der Waals surface area contributed by atoms with Crippen LogP contribution in [-0.2, 0) is 11.2 Å². The van der Waals surface area contributed by atoms with E-state index >= 15 is 0 Å². The lowest BCUT2D eigenvalue weighted by atomic mass is 9.74. The summed E-state index contributed by atoms with van der Waals surface area (Å²) in [6.45, 7) is 0. The van der Waals surface area contributed by atoms with Crippen LogP contribution < -0.4 is 5.73 Å². The zero-order valence-corrected chi connectivity index (χ0v) is 10.3. The molecule has 1 aromatic heterocycles. The monoisotopic (exact) mass is 246 g/mol. The first-order valence-corrected chi connectivity index (χ1v) is 6.66. The molecule has 2 N–H and O–H groups in total. The van der Waals surface area contributed by atoms with E-state index in [-0.39, 0.29) is 5.78 Å². The van der Waals surface area contributed by atoms with Gasteiger partial charge in [-0.2, -0.15) is 0 Å². The first kappa shape index (κ1) is 10.9. The summed E-state index contributed by atoms with van der Waals surface area (Å²) in [6.07, 6.45) is 3.12. The van der Waals surface area contributed by atoms with Gasteiger partial charge in [0.25, 0.3) is 0 Å². The standard InChI is InChI=1S/C13H14N2OS/c14-13(6-3-7-13)11(16)8-12-15-9-4-1-2-5-10(9)17-12/h1-2,4-5H,3,6-8,14H2. The molecule has 2 aromatic rings. The van der Waals surface area contributed by atoms with Gasteiger partial charge in [0.05, 0.1) is 22.2 Å². The second-order valence-corrected chi connectivity index (χ2v) is 5.80. The maximum Gasteiger partial charge on any atom is 0.159 e. The van der Waals surface area contributed by atoms with Crippen LogP contribution in [-0.4, -0.2) is 16.3 Å². The molecule has 1 heterocycles. The van der Waals surface area contributed by atoms with Gasteiger partial charge in [0.1, 0.15) is 5.01 Å². The number of Topliss-reactive ketones (excluding diaryl/α,β-unsaturated/α-hetero) is 1. The number of hydrogen-bond acceptors (Lipinski definition) is 4. The molecule has 0 aliphatic heterocycles. The summed E-state index contributed by atoms with van der Waals surface area (Å²) in [5.41, 5.74) is 6.43. The highest BCUT2D eigenvalue weighted by Crippen LogP contribution is 2.32. The van der Waals surface area contributed by atoms with E-state index in [0.717, 1.165) is 34.5 Å². The molecule has 1 saturated carbocycles. The van der Waals surface area contributed by atoms with Crippen LogP contribution in [0.2, 0.25) is 0 Å². The minimum atomic E-state index is -0.558. The predicted molar refractivity (Wildman–Crippen MR) is 69.1 cm³/mol. The van der Waals surface area contributed by atoms with E-state index in [1.807, 2.05) is 24.3 Å². The number of nitrogens with two attached hydrogens (primary N) is 1. The summed E-state index contributed by atoms with van der Waals surface area (Å²) in [7, 11) is 0. The van der Waals surface area contributed by atoms with Gasteiger partial charge >= 0.3 is 0 Å². The molecule has 0 unspecified atom stereocenters. The SMILES string of the molecule is NC1(C(=O)Cc2nc3ccccc3s2)CCC1. The highest BCUT2D eigenvalue weighted by molar-refractivity contribution is 7.18. The first-order chi connectivity index (χ1) is 8.17. The Labute approximate surface area is 104 Å². The average molecular weight is 246 g/mol. The topological polar surface area (TPSA) is 56.0 Å². The number of thiazole rings is 1. The second kappa shape index (κ2) is 3.89.